The number of carbonyl (C=O) groups is 1. The van der Waals surface area contributed by atoms with Crippen LogP contribution >= 0.6 is 11.6 Å². The van der Waals surface area contributed by atoms with Crippen molar-refractivity contribution in [3.63, 3.8) is 0 Å². The summed E-state index contributed by atoms with van der Waals surface area (Å²) in [5.41, 5.74) is 0.668. The highest BCUT2D eigenvalue weighted by Crippen LogP contribution is 2.11. The molecule has 0 aliphatic rings. The van der Waals surface area contributed by atoms with Crippen molar-refractivity contribution in [3.8, 4) is 0 Å². The number of Topliss-reactive ketones (excluding diaryl/α,β-unsaturated/α-hetero) is 1. The van der Waals surface area contributed by atoms with Gasteiger partial charge in [0.2, 0.25) is 0 Å². The third-order valence-corrected chi connectivity index (χ3v) is 2.53. The number of halogens is 1. The van der Waals surface area contributed by atoms with E-state index in [-0.39, 0.29) is 11.8 Å². The molecule has 0 spiro atoms. The molecule has 4 heteroatoms. The summed E-state index contributed by atoms with van der Waals surface area (Å²) in [5, 5.41) is 3.72. The van der Waals surface area contributed by atoms with Gasteiger partial charge in [-0.05, 0) is 31.2 Å². The van der Waals surface area contributed by atoms with Crippen LogP contribution in [0.3, 0.4) is 0 Å². The highest BCUT2D eigenvalue weighted by Gasteiger charge is 2.13. The molecule has 0 radical (unpaired) electrons. The number of rotatable bonds is 6. The standard InChI is InChI=1S/C12H16ClNO2/c1-9(14-7-8-16-2)12(15)10-3-5-11(13)6-4-10/h3-6,9,14H,7-8H2,1-2H3. The fourth-order valence-electron chi connectivity index (χ4n) is 1.33. The second-order valence-corrected chi connectivity index (χ2v) is 3.98. The van der Waals surface area contributed by atoms with E-state index in [2.05, 4.69) is 5.32 Å². The van der Waals surface area contributed by atoms with Crippen LogP contribution < -0.4 is 5.32 Å². The lowest BCUT2D eigenvalue weighted by atomic mass is 10.1. The molecule has 0 fully saturated rings. The molecular formula is C12H16ClNO2. The third-order valence-electron chi connectivity index (χ3n) is 2.28. The van der Waals surface area contributed by atoms with Crippen LogP contribution in [0.15, 0.2) is 24.3 Å². The van der Waals surface area contributed by atoms with Crippen LogP contribution in [0.25, 0.3) is 0 Å². The third kappa shape index (κ3) is 3.93. The first kappa shape index (κ1) is 13.2. The Morgan fingerprint density at radius 3 is 2.62 bits per heavy atom. The van der Waals surface area contributed by atoms with Crippen molar-refractivity contribution < 1.29 is 9.53 Å². The molecule has 0 saturated heterocycles. The van der Waals surface area contributed by atoms with E-state index >= 15 is 0 Å². The average Bonchev–Trinajstić information content (AvgIpc) is 2.29. The number of nitrogens with one attached hydrogen (secondary N) is 1. The molecule has 0 aliphatic heterocycles. The van der Waals surface area contributed by atoms with Crippen LogP contribution in [0.1, 0.15) is 17.3 Å². The number of methoxy groups -OCH3 is 1. The maximum atomic E-state index is 11.9. The van der Waals surface area contributed by atoms with Gasteiger partial charge >= 0.3 is 0 Å². The summed E-state index contributed by atoms with van der Waals surface area (Å²) < 4.78 is 4.90. The van der Waals surface area contributed by atoms with Gasteiger partial charge in [-0.1, -0.05) is 11.6 Å². The topological polar surface area (TPSA) is 38.3 Å². The van der Waals surface area contributed by atoms with E-state index in [4.69, 9.17) is 16.3 Å². The van der Waals surface area contributed by atoms with Crippen LogP contribution in [-0.4, -0.2) is 32.1 Å². The Morgan fingerprint density at radius 2 is 2.06 bits per heavy atom. The Bertz CT molecular complexity index is 337. The second-order valence-electron chi connectivity index (χ2n) is 3.54. The van der Waals surface area contributed by atoms with Gasteiger partial charge in [0.1, 0.15) is 0 Å². The van der Waals surface area contributed by atoms with Crippen LogP contribution in [0.4, 0.5) is 0 Å². The number of carbonyl (C=O) groups excluding carboxylic acids is 1. The van der Waals surface area contributed by atoms with Crippen molar-refractivity contribution in [1.82, 2.24) is 5.32 Å². The SMILES string of the molecule is COCCNC(C)C(=O)c1ccc(Cl)cc1. The molecular weight excluding hydrogens is 226 g/mol. The lowest BCUT2D eigenvalue weighted by Crippen LogP contribution is -2.36. The molecule has 1 rings (SSSR count). The van der Waals surface area contributed by atoms with E-state index in [0.29, 0.717) is 23.7 Å². The van der Waals surface area contributed by atoms with Gasteiger partial charge < -0.3 is 10.1 Å². The molecule has 1 aromatic carbocycles. The molecule has 0 bridgehead atoms. The van der Waals surface area contributed by atoms with Gasteiger partial charge in [0, 0.05) is 24.2 Å². The van der Waals surface area contributed by atoms with Gasteiger partial charge in [-0.3, -0.25) is 4.79 Å². The van der Waals surface area contributed by atoms with E-state index in [9.17, 15) is 4.79 Å². The van der Waals surface area contributed by atoms with E-state index in [0.717, 1.165) is 0 Å². The maximum Gasteiger partial charge on any atom is 0.179 e. The Labute approximate surface area is 101 Å². The molecule has 88 valence electrons. The normalized spacial score (nSPS) is 12.4. The van der Waals surface area contributed by atoms with Crippen molar-refractivity contribution >= 4 is 17.4 Å². The molecule has 1 unspecified atom stereocenters. The number of hydrogen-bond donors (Lipinski definition) is 1. The molecule has 1 N–H and O–H groups in total. The zero-order chi connectivity index (χ0) is 12.0. The Hall–Kier alpha value is -0.900. The predicted octanol–water partition coefficient (Wildman–Crippen LogP) is 2.15. The van der Waals surface area contributed by atoms with Gasteiger partial charge in [0.05, 0.1) is 12.6 Å². The van der Waals surface area contributed by atoms with Crippen molar-refractivity contribution in [2.45, 2.75) is 13.0 Å². The second kappa shape index (κ2) is 6.63. The molecule has 1 atom stereocenters. The predicted molar refractivity (Wildman–Crippen MR) is 65.1 cm³/mol. The summed E-state index contributed by atoms with van der Waals surface area (Å²) in [7, 11) is 1.63. The minimum Gasteiger partial charge on any atom is -0.383 e. The van der Waals surface area contributed by atoms with Crippen molar-refractivity contribution in [2.75, 3.05) is 20.3 Å². The molecule has 0 heterocycles. The molecule has 0 aliphatic carbocycles. The number of ketones is 1. The van der Waals surface area contributed by atoms with E-state index in [1.165, 1.54) is 0 Å². The molecule has 0 aromatic heterocycles. The summed E-state index contributed by atoms with van der Waals surface area (Å²) in [5.74, 6) is 0.0627. The van der Waals surface area contributed by atoms with E-state index in [1.54, 1.807) is 31.4 Å². The monoisotopic (exact) mass is 241 g/mol. The van der Waals surface area contributed by atoms with Crippen LogP contribution in [0, 0.1) is 0 Å². The van der Waals surface area contributed by atoms with Gasteiger partial charge in [0.15, 0.2) is 5.78 Å². The minimum atomic E-state index is -0.212. The highest BCUT2D eigenvalue weighted by atomic mass is 35.5. The Morgan fingerprint density at radius 1 is 1.44 bits per heavy atom. The van der Waals surface area contributed by atoms with Crippen molar-refractivity contribution in [1.29, 1.82) is 0 Å². The first-order valence-electron chi connectivity index (χ1n) is 5.17. The quantitative estimate of drug-likeness (QED) is 0.613. The van der Waals surface area contributed by atoms with E-state index in [1.807, 2.05) is 6.92 Å². The summed E-state index contributed by atoms with van der Waals surface area (Å²) in [6.45, 7) is 3.10. The smallest absolute Gasteiger partial charge is 0.179 e. The molecule has 16 heavy (non-hydrogen) atoms. The fraction of sp³-hybridized carbons (Fsp3) is 0.417. The van der Waals surface area contributed by atoms with Gasteiger partial charge in [-0.25, -0.2) is 0 Å². The lowest BCUT2D eigenvalue weighted by molar-refractivity contribution is 0.0945. The van der Waals surface area contributed by atoms with Crippen LogP contribution in [-0.2, 0) is 4.74 Å². The number of hydrogen-bond acceptors (Lipinski definition) is 3. The van der Waals surface area contributed by atoms with Gasteiger partial charge in [-0.15, -0.1) is 0 Å². The van der Waals surface area contributed by atoms with Gasteiger partial charge in [0.25, 0.3) is 0 Å². The first-order chi connectivity index (χ1) is 7.65. The Kier molecular flexibility index (Phi) is 5.46. The number of ether oxygens (including phenoxy) is 1. The largest absolute Gasteiger partial charge is 0.383 e. The lowest BCUT2D eigenvalue weighted by Gasteiger charge is -2.12. The molecule has 0 saturated carbocycles. The zero-order valence-corrected chi connectivity index (χ0v) is 10.3. The van der Waals surface area contributed by atoms with Crippen LogP contribution in [0.2, 0.25) is 5.02 Å². The summed E-state index contributed by atoms with van der Waals surface area (Å²) in [6.07, 6.45) is 0. The fourth-order valence-corrected chi connectivity index (χ4v) is 1.46. The summed E-state index contributed by atoms with van der Waals surface area (Å²) in [4.78, 5) is 11.9. The average molecular weight is 242 g/mol. The zero-order valence-electron chi connectivity index (χ0n) is 9.50. The number of benzene rings is 1. The summed E-state index contributed by atoms with van der Waals surface area (Å²) in [6, 6.07) is 6.70. The minimum absolute atomic E-state index is 0.0627. The maximum absolute atomic E-state index is 11.9. The van der Waals surface area contributed by atoms with Gasteiger partial charge in [-0.2, -0.15) is 0 Å². The first-order valence-corrected chi connectivity index (χ1v) is 5.55. The van der Waals surface area contributed by atoms with Crippen LogP contribution in [0.5, 0.6) is 0 Å². The molecule has 0 amide bonds. The Balaban J connectivity index is 2.53. The molecule has 1 aromatic rings. The van der Waals surface area contributed by atoms with Crippen molar-refractivity contribution in [2.24, 2.45) is 0 Å². The highest BCUT2D eigenvalue weighted by molar-refractivity contribution is 6.30. The van der Waals surface area contributed by atoms with Crippen molar-refractivity contribution in [3.05, 3.63) is 34.9 Å². The summed E-state index contributed by atoms with van der Waals surface area (Å²) >= 11 is 5.75. The molecule has 3 nitrogen and oxygen atoms in total. The van der Waals surface area contributed by atoms with E-state index < -0.39 is 0 Å².